The summed E-state index contributed by atoms with van der Waals surface area (Å²) in [5.74, 6) is 0.0124. The van der Waals surface area contributed by atoms with E-state index in [1.54, 1.807) is 33.1 Å². The second-order valence-corrected chi connectivity index (χ2v) is 4.14. The minimum Gasteiger partial charge on any atom is -0.379 e. The molecule has 0 bridgehead atoms. The molecule has 1 amide bonds. The number of methoxy groups -OCH3 is 2. The maximum Gasteiger partial charge on any atom is 0.219 e. The van der Waals surface area contributed by atoms with Crippen molar-refractivity contribution in [3.8, 4) is 0 Å². The van der Waals surface area contributed by atoms with E-state index < -0.39 is 0 Å². The molecule has 1 aliphatic heterocycles. The maximum absolute atomic E-state index is 11.4. The van der Waals surface area contributed by atoms with Gasteiger partial charge in [-0.1, -0.05) is 0 Å². The van der Waals surface area contributed by atoms with Crippen molar-refractivity contribution in [1.29, 1.82) is 0 Å². The molecular formula is C11H21NO4. The molecule has 94 valence electrons. The van der Waals surface area contributed by atoms with Crippen molar-refractivity contribution in [3.05, 3.63) is 0 Å². The molecule has 0 aliphatic carbocycles. The Morgan fingerprint density at radius 3 is 2.44 bits per heavy atom. The maximum atomic E-state index is 11.4. The second-order valence-electron chi connectivity index (χ2n) is 4.14. The number of hydrogen-bond acceptors (Lipinski definition) is 4. The summed E-state index contributed by atoms with van der Waals surface area (Å²) in [5, 5.41) is 0. The van der Waals surface area contributed by atoms with Crippen LogP contribution in [-0.2, 0) is 19.0 Å². The first-order valence-electron chi connectivity index (χ1n) is 5.45. The van der Waals surface area contributed by atoms with E-state index in [9.17, 15) is 4.79 Å². The van der Waals surface area contributed by atoms with E-state index in [2.05, 4.69) is 0 Å². The van der Waals surface area contributed by atoms with Crippen molar-refractivity contribution in [3.63, 3.8) is 0 Å². The van der Waals surface area contributed by atoms with Crippen LogP contribution < -0.4 is 0 Å². The minimum absolute atomic E-state index is 0.0124. The Labute approximate surface area is 96.6 Å². The molecule has 0 aromatic carbocycles. The zero-order chi connectivity index (χ0) is 12.3. The molecule has 16 heavy (non-hydrogen) atoms. The lowest BCUT2D eigenvalue weighted by Gasteiger charge is -2.43. The van der Waals surface area contributed by atoms with Gasteiger partial charge in [0.15, 0.2) is 6.29 Å². The highest BCUT2D eigenvalue weighted by atomic mass is 16.7. The summed E-state index contributed by atoms with van der Waals surface area (Å²) in [6.45, 7) is 3.48. The molecule has 0 unspecified atom stereocenters. The van der Waals surface area contributed by atoms with Gasteiger partial charge in [0.05, 0.1) is 18.2 Å². The molecule has 0 radical (unpaired) electrons. The summed E-state index contributed by atoms with van der Waals surface area (Å²) >= 11 is 0. The first kappa shape index (κ1) is 13.4. The van der Waals surface area contributed by atoms with Crippen LogP contribution in [0.5, 0.6) is 0 Å². The highest BCUT2D eigenvalue weighted by Crippen LogP contribution is 2.26. The van der Waals surface area contributed by atoms with Crippen LogP contribution in [0, 0.1) is 0 Å². The van der Waals surface area contributed by atoms with Crippen molar-refractivity contribution in [1.82, 2.24) is 4.90 Å². The molecule has 1 heterocycles. The molecule has 0 spiro atoms. The monoisotopic (exact) mass is 231 g/mol. The highest BCUT2D eigenvalue weighted by Gasteiger charge is 2.39. The average Bonchev–Trinajstić information content (AvgIpc) is 2.26. The number of ether oxygens (including phenoxy) is 3. The topological polar surface area (TPSA) is 48.0 Å². The van der Waals surface area contributed by atoms with E-state index in [0.29, 0.717) is 6.42 Å². The van der Waals surface area contributed by atoms with Gasteiger partial charge in [0.1, 0.15) is 0 Å². The summed E-state index contributed by atoms with van der Waals surface area (Å²) in [7, 11) is 5.03. The lowest BCUT2D eigenvalue weighted by Crippen LogP contribution is -2.57. The van der Waals surface area contributed by atoms with Crippen LogP contribution in [0.2, 0.25) is 0 Å². The third-order valence-corrected chi connectivity index (χ3v) is 3.16. The minimum atomic E-state index is -0.253. The standard InChI is InChI=1S/C11H21NO4/c1-7-11(12(3)8(2)13)9(14-4)6-10(15-5)16-7/h7,9-11H,6H2,1-5H3/t7-,9-,10+,11-/m1/s1. The van der Waals surface area contributed by atoms with Crippen molar-refractivity contribution in [2.24, 2.45) is 0 Å². The molecule has 0 saturated carbocycles. The normalized spacial score (nSPS) is 34.8. The summed E-state index contributed by atoms with van der Waals surface area (Å²) in [6.07, 6.45) is 0.233. The number of carbonyl (C=O) groups is 1. The van der Waals surface area contributed by atoms with Crippen LogP contribution in [-0.4, -0.2) is 56.6 Å². The Kier molecular flexibility index (Phi) is 4.70. The summed E-state index contributed by atoms with van der Waals surface area (Å²) in [5.41, 5.74) is 0. The molecule has 1 aliphatic rings. The number of hydrogen-bond donors (Lipinski definition) is 0. The zero-order valence-corrected chi connectivity index (χ0v) is 10.6. The van der Waals surface area contributed by atoms with Crippen LogP contribution >= 0.6 is 0 Å². The van der Waals surface area contributed by atoms with E-state index in [1.807, 2.05) is 6.92 Å². The molecule has 5 heteroatoms. The largest absolute Gasteiger partial charge is 0.379 e. The fraction of sp³-hybridized carbons (Fsp3) is 0.909. The van der Waals surface area contributed by atoms with Gasteiger partial charge in [0.25, 0.3) is 0 Å². The molecule has 0 N–H and O–H groups in total. The molecule has 1 saturated heterocycles. The predicted molar refractivity (Wildman–Crippen MR) is 59.0 cm³/mol. The van der Waals surface area contributed by atoms with Crippen molar-refractivity contribution in [2.75, 3.05) is 21.3 Å². The second kappa shape index (κ2) is 5.61. The van der Waals surface area contributed by atoms with Gasteiger partial charge in [-0.3, -0.25) is 4.79 Å². The van der Waals surface area contributed by atoms with E-state index in [0.717, 1.165) is 0 Å². The van der Waals surface area contributed by atoms with Gasteiger partial charge in [-0.25, -0.2) is 0 Å². The lowest BCUT2D eigenvalue weighted by atomic mass is 9.98. The predicted octanol–water partition coefficient (Wildman–Crippen LogP) is 0.630. The molecule has 4 atom stereocenters. The number of rotatable bonds is 3. The fourth-order valence-corrected chi connectivity index (χ4v) is 2.17. The summed E-state index contributed by atoms with van der Waals surface area (Å²) in [4.78, 5) is 13.1. The molecule has 0 aromatic rings. The van der Waals surface area contributed by atoms with Gasteiger partial charge in [-0.2, -0.15) is 0 Å². The summed E-state index contributed by atoms with van der Waals surface area (Å²) < 4.78 is 16.3. The molecule has 1 fully saturated rings. The Morgan fingerprint density at radius 1 is 1.38 bits per heavy atom. The Bertz CT molecular complexity index is 246. The first-order chi connectivity index (χ1) is 7.51. The van der Waals surface area contributed by atoms with Gasteiger partial charge < -0.3 is 19.1 Å². The van der Waals surface area contributed by atoms with Crippen LogP contribution in [0.25, 0.3) is 0 Å². The van der Waals surface area contributed by atoms with Crippen molar-refractivity contribution < 1.29 is 19.0 Å². The van der Waals surface area contributed by atoms with Gasteiger partial charge in [-0.05, 0) is 6.92 Å². The number of amides is 1. The van der Waals surface area contributed by atoms with Crippen LogP contribution in [0.1, 0.15) is 20.3 Å². The van der Waals surface area contributed by atoms with Gasteiger partial charge in [0.2, 0.25) is 5.91 Å². The Morgan fingerprint density at radius 2 is 2.00 bits per heavy atom. The fourth-order valence-electron chi connectivity index (χ4n) is 2.17. The smallest absolute Gasteiger partial charge is 0.219 e. The number of nitrogens with zero attached hydrogens (tertiary/aromatic N) is 1. The van der Waals surface area contributed by atoms with Gasteiger partial charge in [0, 0.05) is 34.6 Å². The third kappa shape index (κ3) is 2.72. The van der Waals surface area contributed by atoms with Gasteiger partial charge in [-0.15, -0.1) is 0 Å². The third-order valence-electron chi connectivity index (χ3n) is 3.16. The van der Waals surface area contributed by atoms with E-state index in [4.69, 9.17) is 14.2 Å². The SMILES string of the molecule is CO[C@@H]1C[C@@H](OC)[C@H](N(C)C(C)=O)[C@@H](C)O1. The highest BCUT2D eigenvalue weighted by molar-refractivity contribution is 5.73. The van der Waals surface area contributed by atoms with Gasteiger partial charge >= 0.3 is 0 Å². The lowest BCUT2D eigenvalue weighted by molar-refractivity contribution is -0.227. The average molecular weight is 231 g/mol. The van der Waals surface area contributed by atoms with Crippen molar-refractivity contribution in [2.45, 2.75) is 44.8 Å². The molecule has 5 nitrogen and oxygen atoms in total. The van der Waals surface area contributed by atoms with E-state index in [1.165, 1.54) is 0 Å². The summed E-state index contributed by atoms with van der Waals surface area (Å²) in [6, 6.07) is -0.0612. The Balaban J connectivity index is 2.77. The first-order valence-corrected chi connectivity index (χ1v) is 5.45. The van der Waals surface area contributed by atoms with Crippen LogP contribution in [0.15, 0.2) is 0 Å². The number of likely N-dealkylation sites (N-methyl/N-ethyl adjacent to an activating group) is 1. The van der Waals surface area contributed by atoms with Crippen LogP contribution in [0.4, 0.5) is 0 Å². The Hall–Kier alpha value is -0.650. The van der Waals surface area contributed by atoms with E-state index >= 15 is 0 Å². The number of carbonyl (C=O) groups excluding carboxylic acids is 1. The molecule has 0 aromatic heterocycles. The molecule has 1 rings (SSSR count). The van der Waals surface area contributed by atoms with Crippen molar-refractivity contribution >= 4 is 5.91 Å². The zero-order valence-electron chi connectivity index (χ0n) is 10.6. The quantitative estimate of drug-likeness (QED) is 0.715. The molecular weight excluding hydrogens is 210 g/mol. The van der Waals surface area contributed by atoms with E-state index in [-0.39, 0.29) is 30.4 Å². The van der Waals surface area contributed by atoms with Crippen LogP contribution in [0.3, 0.4) is 0 Å².